The number of hydrogen-bond acceptors (Lipinski definition) is 5. The lowest BCUT2D eigenvalue weighted by Gasteiger charge is -2.21. The number of nitrogens with zero attached hydrogens (tertiary/aromatic N) is 1. The highest BCUT2D eigenvalue weighted by Crippen LogP contribution is 2.19. The maximum Gasteiger partial charge on any atom is 0.326 e. The zero-order valence-electron chi connectivity index (χ0n) is 11.2. The van der Waals surface area contributed by atoms with Crippen LogP contribution in [-0.4, -0.2) is 58.1 Å². The van der Waals surface area contributed by atoms with E-state index in [0.29, 0.717) is 5.56 Å². The number of aliphatic carboxylic acids is 1. The SMILES string of the molecule is O=C(NCCC(=O)N1CC(O)CC1C(=O)O)c1ccsc1. The van der Waals surface area contributed by atoms with Crippen molar-refractivity contribution in [2.45, 2.75) is 25.0 Å². The Labute approximate surface area is 125 Å². The predicted octanol–water partition coefficient (Wildman–Crippen LogP) is -0.0856. The van der Waals surface area contributed by atoms with E-state index in [2.05, 4.69) is 5.32 Å². The van der Waals surface area contributed by atoms with E-state index in [4.69, 9.17) is 5.11 Å². The van der Waals surface area contributed by atoms with E-state index in [1.165, 1.54) is 11.3 Å². The number of hydrogen-bond donors (Lipinski definition) is 3. The molecule has 0 spiro atoms. The van der Waals surface area contributed by atoms with E-state index in [9.17, 15) is 19.5 Å². The number of carboxylic acid groups (broad SMARTS) is 1. The largest absolute Gasteiger partial charge is 0.480 e. The van der Waals surface area contributed by atoms with E-state index in [1.807, 2.05) is 0 Å². The van der Waals surface area contributed by atoms with Gasteiger partial charge in [-0.25, -0.2) is 4.79 Å². The average Bonchev–Trinajstić information content (AvgIpc) is 3.07. The van der Waals surface area contributed by atoms with Crippen molar-refractivity contribution in [1.29, 1.82) is 0 Å². The maximum absolute atomic E-state index is 12.0. The molecule has 21 heavy (non-hydrogen) atoms. The van der Waals surface area contributed by atoms with Gasteiger partial charge in [0.05, 0.1) is 6.10 Å². The van der Waals surface area contributed by atoms with Crippen molar-refractivity contribution in [1.82, 2.24) is 10.2 Å². The van der Waals surface area contributed by atoms with E-state index in [-0.39, 0.29) is 37.7 Å². The van der Waals surface area contributed by atoms with Crippen LogP contribution in [0.4, 0.5) is 0 Å². The lowest BCUT2D eigenvalue weighted by atomic mass is 10.2. The molecule has 0 aliphatic carbocycles. The summed E-state index contributed by atoms with van der Waals surface area (Å²) in [5.74, 6) is -1.77. The van der Waals surface area contributed by atoms with Crippen LogP contribution in [0.25, 0.3) is 0 Å². The van der Waals surface area contributed by atoms with Crippen molar-refractivity contribution >= 4 is 29.1 Å². The van der Waals surface area contributed by atoms with Crippen LogP contribution in [0.5, 0.6) is 0 Å². The van der Waals surface area contributed by atoms with Gasteiger partial charge in [-0.1, -0.05) is 0 Å². The number of amides is 2. The van der Waals surface area contributed by atoms with Gasteiger partial charge in [0, 0.05) is 36.9 Å². The minimum Gasteiger partial charge on any atom is -0.480 e. The molecule has 1 aromatic heterocycles. The topological polar surface area (TPSA) is 107 Å². The van der Waals surface area contributed by atoms with E-state index < -0.39 is 18.1 Å². The zero-order chi connectivity index (χ0) is 15.4. The number of rotatable bonds is 5. The molecule has 7 nitrogen and oxygen atoms in total. The Morgan fingerprint density at radius 1 is 1.43 bits per heavy atom. The first-order valence-electron chi connectivity index (χ1n) is 6.49. The number of nitrogens with one attached hydrogen (secondary N) is 1. The lowest BCUT2D eigenvalue weighted by Crippen LogP contribution is -2.41. The van der Waals surface area contributed by atoms with Gasteiger partial charge >= 0.3 is 5.97 Å². The van der Waals surface area contributed by atoms with Gasteiger partial charge in [-0.3, -0.25) is 9.59 Å². The molecule has 1 aromatic rings. The first-order valence-corrected chi connectivity index (χ1v) is 7.44. The number of carbonyl (C=O) groups excluding carboxylic acids is 2. The van der Waals surface area contributed by atoms with Gasteiger partial charge in [-0.05, 0) is 11.4 Å². The summed E-state index contributed by atoms with van der Waals surface area (Å²) >= 11 is 1.40. The summed E-state index contributed by atoms with van der Waals surface area (Å²) < 4.78 is 0. The summed E-state index contributed by atoms with van der Waals surface area (Å²) in [4.78, 5) is 35.8. The fourth-order valence-electron chi connectivity index (χ4n) is 2.25. The Morgan fingerprint density at radius 3 is 2.81 bits per heavy atom. The molecule has 8 heteroatoms. The molecule has 1 aliphatic heterocycles. The Hall–Kier alpha value is -1.93. The number of likely N-dealkylation sites (tertiary alicyclic amines) is 1. The summed E-state index contributed by atoms with van der Waals surface area (Å²) in [6.07, 6.45) is -0.759. The standard InChI is InChI=1S/C13H16N2O5S/c16-9-5-10(13(19)20)15(6-9)11(17)1-3-14-12(18)8-2-4-21-7-8/h2,4,7,9-10,16H,1,3,5-6H2,(H,14,18)(H,19,20). The number of carbonyl (C=O) groups is 3. The molecule has 0 aromatic carbocycles. The van der Waals surface area contributed by atoms with Crippen LogP contribution in [0.1, 0.15) is 23.2 Å². The average molecular weight is 312 g/mol. The van der Waals surface area contributed by atoms with Crippen LogP contribution in [0, 0.1) is 0 Å². The Morgan fingerprint density at radius 2 is 2.19 bits per heavy atom. The molecule has 2 rings (SSSR count). The molecule has 2 amide bonds. The second-order valence-corrected chi connectivity index (χ2v) is 5.59. The third-order valence-electron chi connectivity index (χ3n) is 3.29. The van der Waals surface area contributed by atoms with Crippen LogP contribution in [0.2, 0.25) is 0 Å². The number of thiophene rings is 1. The summed E-state index contributed by atoms with van der Waals surface area (Å²) in [7, 11) is 0. The zero-order valence-corrected chi connectivity index (χ0v) is 12.0. The maximum atomic E-state index is 12.0. The highest BCUT2D eigenvalue weighted by Gasteiger charge is 2.38. The van der Waals surface area contributed by atoms with Crippen LogP contribution in [0.3, 0.4) is 0 Å². The monoisotopic (exact) mass is 312 g/mol. The molecule has 0 bridgehead atoms. The van der Waals surface area contributed by atoms with Crippen molar-refractivity contribution in [2.24, 2.45) is 0 Å². The predicted molar refractivity (Wildman–Crippen MR) is 75.0 cm³/mol. The summed E-state index contributed by atoms with van der Waals surface area (Å²) in [5.41, 5.74) is 0.535. The number of aliphatic hydroxyl groups excluding tert-OH is 1. The summed E-state index contributed by atoms with van der Waals surface area (Å²) in [6, 6.07) is 0.694. The molecular weight excluding hydrogens is 296 g/mol. The smallest absolute Gasteiger partial charge is 0.326 e. The lowest BCUT2D eigenvalue weighted by molar-refractivity contribution is -0.148. The van der Waals surface area contributed by atoms with Gasteiger partial charge in [-0.15, -0.1) is 0 Å². The third kappa shape index (κ3) is 3.79. The molecule has 2 heterocycles. The summed E-state index contributed by atoms with van der Waals surface area (Å²) in [6.45, 7) is 0.153. The van der Waals surface area contributed by atoms with Crippen molar-refractivity contribution in [3.05, 3.63) is 22.4 Å². The van der Waals surface area contributed by atoms with Gasteiger partial charge in [-0.2, -0.15) is 11.3 Å². The minimum atomic E-state index is -1.12. The van der Waals surface area contributed by atoms with E-state index in [0.717, 1.165) is 4.90 Å². The van der Waals surface area contributed by atoms with Crippen LogP contribution >= 0.6 is 11.3 Å². The van der Waals surface area contributed by atoms with E-state index in [1.54, 1.807) is 16.8 Å². The van der Waals surface area contributed by atoms with Crippen molar-refractivity contribution < 1.29 is 24.6 Å². The van der Waals surface area contributed by atoms with Crippen LogP contribution < -0.4 is 5.32 Å². The minimum absolute atomic E-state index is 0.00633. The van der Waals surface area contributed by atoms with Gasteiger partial charge in [0.15, 0.2) is 0 Å². The van der Waals surface area contributed by atoms with E-state index >= 15 is 0 Å². The molecule has 114 valence electrons. The Kier molecular flexibility index (Phi) is 4.92. The second-order valence-electron chi connectivity index (χ2n) is 4.81. The molecule has 3 N–H and O–H groups in total. The van der Waals surface area contributed by atoms with Crippen molar-refractivity contribution in [3.63, 3.8) is 0 Å². The Balaban J connectivity index is 1.81. The van der Waals surface area contributed by atoms with Crippen molar-refractivity contribution in [3.8, 4) is 0 Å². The molecule has 1 aliphatic rings. The molecule has 1 fully saturated rings. The highest BCUT2D eigenvalue weighted by molar-refractivity contribution is 7.08. The number of carboxylic acids is 1. The highest BCUT2D eigenvalue weighted by atomic mass is 32.1. The second kappa shape index (κ2) is 6.68. The molecule has 0 saturated carbocycles. The van der Waals surface area contributed by atoms with Gasteiger partial charge in [0.25, 0.3) is 5.91 Å². The molecule has 2 unspecified atom stereocenters. The summed E-state index contributed by atoms with van der Waals surface area (Å²) in [5, 5.41) is 24.6. The van der Waals surface area contributed by atoms with Crippen LogP contribution in [0.15, 0.2) is 16.8 Å². The first-order chi connectivity index (χ1) is 9.99. The van der Waals surface area contributed by atoms with Gasteiger partial charge in [0.1, 0.15) is 6.04 Å². The number of β-amino-alcohol motifs (C(OH)–C–C–N with tert-alkyl or cyclic N) is 1. The third-order valence-corrected chi connectivity index (χ3v) is 3.98. The normalized spacial score (nSPS) is 21.3. The Bertz CT molecular complexity index is 531. The fraction of sp³-hybridized carbons (Fsp3) is 0.462. The van der Waals surface area contributed by atoms with Gasteiger partial charge < -0.3 is 20.4 Å². The fourth-order valence-corrected chi connectivity index (χ4v) is 2.88. The van der Waals surface area contributed by atoms with Crippen molar-refractivity contribution in [2.75, 3.05) is 13.1 Å². The quantitative estimate of drug-likeness (QED) is 0.704. The van der Waals surface area contributed by atoms with Gasteiger partial charge in [0.2, 0.25) is 5.91 Å². The molecule has 0 radical (unpaired) electrons. The molecule has 1 saturated heterocycles. The van der Waals surface area contributed by atoms with Crippen LogP contribution in [-0.2, 0) is 9.59 Å². The first kappa shape index (κ1) is 15.5. The molecular formula is C13H16N2O5S. The molecule has 2 atom stereocenters. The number of aliphatic hydroxyl groups is 1.